The van der Waals surface area contributed by atoms with Gasteiger partial charge in [0.15, 0.2) is 11.6 Å². The number of hydrogen-bond donors (Lipinski definition) is 2. The lowest BCUT2D eigenvalue weighted by Gasteiger charge is -2.20. The molecule has 0 saturated heterocycles. The first-order chi connectivity index (χ1) is 17.2. The Kier molecular flexibility index (Phi) is 5.74. The van der Waals surface area contributed by atoms with E-state index in [-0.39, 0.29) is 50.1 Å². The molecule has 0 atom stereocenters. The van der Waals surface area contributed by atoms with E-state index >= 15 is 0 Å². The predicted octanol–water partition coefficient (Wildman–Crippen LogP) is 4.82. The first-order valence-corrected chi connectivity index (χ1v) is 12.6. The minimum atomic E-state index is -3.85. The van der Waals surface area contributed by atoms with Crippen molar-refractivity contribution in [2.45, 2.75) is 11.8 Å². The third kappa shape index (κ3) is 4.18. The van der Waals surface area contributed by atoms with Crippen molar-refractivity contribution in [3.8, 4) is 0 Å². The van der Waals surface area contributed by atoms with Crippen molar-refractivity contribution in [2.75, 3.05) is 10.0 Å². The van der Waals surface area contributed by atoms with E-state index in [0.717, 1.165) is 5.56 Å². The Labute approximate surface area is 207 Å². The van der Waals surface area contributed by atoms with Gasteiger partial charge < -0.3 is 5.32 Å². The van der Waals surface area contributed by atoms with Crippen LogP contribution in [-0.2, 0) is 10.0 Å². The molecular formula is C28H20N2O5S. The summed E-state index contributed by atoms with van der Waals surface area (Å²) in [5.41, 5.74) is 2.47. The van der Waals surface area contributed by atoms with Crippen LogP contribution >= 0.6 is 0 Å². The molecule has 8 heteroatoms. The number of nitrogens with one attached hydrogen (secondary N) is 2. The first kappa shape index (κ1) is 23.2. The van der Waals surface area contributed by atoms with Gasteiger partial charge in [-0.1, -0.05) is 60.2 Å². The van der Waals surface area contributed by atoms with Crippen molar-refractivity contribution in [3.05, 3.63) is 124 Å². The second kappa shape index (κ2) is 8.90. The minimum absolute atomic E-state index is 0.0994. The van der Waals surface area contributed by atoms with E-state index < -0.39 is 15.9 Å². The van der Waals surface area contributed by atoms with Crippen molar-refractivity contribution in [1.82, 2.24) is 0 Å². The number of benzene rings is 4. The van der Waals surface area contributed by atoms with Crippen molar-refractivity contribution in [2.24, 2.45) is 0 Å². The molecule has 4 aromatic carbocycles. The maximum Gasteiger partial charge on any atom is 0.261 e. The third-order valence-corrected chi connectivity index (χ3v) is 7.31. The Bertz CT molecular complexity index is 1660. The molecule has 7 nitrogen and oxygen atoms in total. The van der Waals surface area contributed by atoms with Gasteiger partial charge >= 0.3 is 0 Å². The van der Waals surface area contributed by atoms with Crippen molar-refractivity contribution in [1.29, 1.82) is 0 Å². The quantitative estimate of drug-likeness (QED) is 0.362. The highest BCUT2D eigenvalue weighted by molar-refractivity contribution is 7.92. The third-order valence-electron chi connectivity index (χ3n) is 5.91. The van der Waals surface area contributed by atoms with Crippen LogP contribution in [0.3, 0.4) is 0 Å². The molecule has 0 aliphatic heterocycles. The maximum absolute atomic E-state index is 13.2. The van der Waals surface area contributed by atoms with Gasteiger partial charge in [-0.25, -0.2) is 8.42 Å². The molecule has 2 N–H and O–H groups in total. The molecule has 178 valence electrons. The van der Waals surface area contributed by atoms with E-state index in [1.54, 1.807) is 60.7 Å². The maximum atomic E-state index is 13.2. The Hall–Kier alpha value is -4.56. The number of fused-ring (bicyclic) bond motifs is 2. The molecule has 0 fully saturated rings. The Morgan fingerprint density at radius 3 is 2.08 bits per heavy atom. The van der Waals surface area contributed by atoms with Crippen LogP contribution in [0.4, 0.5) is 11.4 Å². The molecule has 0 radical (unpaired) electrons. The number of aryl methyl sites for hydroxylation is 1. The zero-order valence-corrected chi connectivity index (χ0v) is 19.9. The number of hydrogen-bond acceptors (Lipinski definition) is 5. The number of amides is 1. The first-order valence-electron chi connectivity index (χ1n) is 11.1. The van der Waals surface area contributed by atoms with E-state index in [0.29, 0.717) is 5.56 Å². The fourth-order valence-corrected chi connectivity index (χ4v) is 5.15. The second-order valence-electron chi connectivity index (χ2n) is 8.39. The summed E-state index contributed by atoms with van der Waals surface area (Å²) in [6.07, 6.45) is 0. The molecule has 0 saturated carbocycles. The van der Waals surface area contributed by atoms with E-state index in [9.17, 15) is 22.8 Å². The molecule has 0 spiro atoms. The molecule has 0 heterocycles. The van der Waals surface area contributed by atoms with Gasteiger partial charge in [-0.3, -0.25) is 19.1 Å². The van der Waals surface area contributed by atoms with Gasteiger partial charge in [0.05, 0.1) is 16.1 Å². The summed E-state index contributed by atoms with van der Waals surface area (Å²) in [4.78, 5) is 39.3. The topological polar surface area (TPSA) is 109 Å². The van der Waals surface area contributed by atoms with Crippen LogP contribution in [0.1, 0.15) is 47.8 Å². The average Bonchev–Trinajstić information content (AvgIpc) is 2.87. The van der Waals surface area contributed by atoms with E-state index in [1.807, 2.05) is 6.92 Å². The molecule has 1 amide bonds. The molecule has 36 heavy (non-hydrogen) atoms. The number of rotatable bonds is 5. The van der Waals surface area contributed by atoms with E-state index in [1.165, 1.54) is 30.3 Å². The highest BCUT2D eigenvalue weighted by atomic mass is 32.2. The number of carbonyl (C=O) groups excluding carboxylic acids is 3. The highest BCUT2D eigenvalue weighted by Gasteiger charge is 2.31. The van der Waals surface area contributed by atoms with Crippen molar-refractivity contribution in [3.63, 3.8) is 0 Å². The zero-order chi connectivity index (χ0) is 25.4. The predicted molar refractivity (Wildman–Crippen MR) is 136 cm³/mol. The fraction of sp³-hybridized carbons (Fsp3) is 0.0357. The standard InChI is InChI=1S/C28H20N2O5S/c1-17-12-14-20(15-13-17)36(34,35)30-19-7-4-6-18(16-19)28(33)29-24-11-5-10-23-25(24)27(32)22-9-3-2-8-21(22)26(23)31/h2-16,30H,1H3,(H,29,33). The van der Waals surface area contributed by atoms with Crippen LogP contribution in [0.15, 0.2) is 95.9 Å². The minimum Gasteiger partial charge on any atom is -0.321 e. The SMILES string of the molecule is Cc1ccc(S(=O)(=O)Nc2cccc(C(=O)Nc3cccc4c3C(=O)c3ccccc3C4=O)c2)cc1. The van der Waals surface area contributed by atoms with E-state index in [4.69, 9.17) is 0 Å². The Morgan fingerprint density at radius 1 is 0.722 bits per heavy atom. The average molecular weight is 497 g/mol. The Balaban J connectivity index is 1.42. The summed E-state index contributed by atoms with van der Waals surface area (Å²) in [5, 5.41) is 2.71. The summed E-state index contributed by atoms with van der Waals surface area (Å²) in [5.74, 6) is -1.20. The lowest BCUT2D eigenvalue weighted by molar-refractivity contribution is 0.0978. The summed E-state index contributed by atoms with van der Waals surface area (Å²) >= 11 is 0. The summed E-state index contributed by atoms with van der Waals surface area (Å²) < 4.78 is 27.9. The molecular weight excluding hydrogens is 476 g/mol. The number of anilines is 2. The summed E-state index contributed by atoms with van der Waals surface area (Å²) in [7, 11) is -3.85. The molecule has 1 aliphatic rings. The number of sulfonamides is 1. The Morgan fingerprint density at radius 2 is 1.36 bits per heavy atom. The highest BCUT2D eigenvalue weighted by Crippen LogP contribution is 2.32. The van der Waals surface area contributed by atoms with Crippen LogP contribution in [0, 0.1) is 6.92 Å². The van der Waals surface area contributed by atoms with Crippen LogP contribution in [0.5, 0.6) is 0 Å². The van der Waals surface area contributed by atoms with Gasteiger partial charge in [0.1, 0.15) is 0 Å². The van der Waals surface area contributed by atoms with Gasteiger partial charge in [-0.05, 0) is 43.3 Å². The largest absolute Gasteiger partial charge is 0.321 e. The lowest BCUT2D eigenvalue weighted by atomic mass is 9.83. The second-order valence-corrected chi connectivity index (χ2v) is 10.1. The molecule has 4 aromatic rings. The monoisotopic (exact) mass is 496 g/mol. The normalized spacial score (nSPS) is 12.5. The fourth-order valence-electron chi connectivity index (χ4n) is 4.10. The molecule has 0 bridgehead atoms. The van der Waals surface area contributed by atoms with Gasteiger partial charge in [-0.15, -0.1) is 0 Å². The molecule has 0 unspecified atom stereocenters. The number of ketones is 2. The van der Waals surface area contributed by atoms with Crippen LogP contribution < -0.4 is 10.0 Å². The lowest BCUT2D eigenvalue weighted by Crippen LogP contribution is -2.24. The van der Waals surface area contributed by atoms with Crippen molar-refractivity contribution >= 4 is 38.9 Å². The zero-order valence-electron chi connectivity index (χ0n) is 19.1. The molecule has 1 aliphatic carbocycles. The number of carbonyl (C=O) groups is 3. The van der Waals surface area contributed by atoms with Crippen LogP contribution in [-0.4, -0.2) is 25.9 Å². The van der Waals surface area contributed by atoms with Gasteiger partial charge in [0.25, 0.3) is 15.9 Å². The summed E-state index contributed by atoms with van der Waals surface area (Å²) in [6, 6.07) is 23.7. The summed E-state index contributed by atoms with van der Waals surface area (Å²) in [6.45, 7) is 1.86. The molecule has 5 rings (SSSR count). The van der Waals surface area contributed by atoms with Crippen LogP contribution in [0.25, 0.3) is 0 Å². The van der Waals surface area contributed by atoms with Gasteiger partial charge in [0, 0.05) is 27.9 Å². The molecule has 0 aromatic heterocycles. The van der Waals surface area contributed by atoms with Gasteiger partial charge in [0.2, 0.25) is 0 Å². The van der Waals surface area contributed by atoms with Crippen molar-refractivity contribution < 1.29 is 22.8 Å². The smallest absolute Gasteiger partial charge is 0.261 e. The van der Waals surface area contributed by atoms with Gasteiger partial charge in [-0.2, -0.15) is 0 Å². The van der Waals surface area contributed by atoms with Crippen LogP contribution in [0.2, 0.25) is 0 Å². The van der Waals surface area contributed by atoms with E-state index in [2.05, 4.69) is 10.0 Å².